The van der Waals surface area contributed by atoms with Crippen molar-refractivity contribution in [2.24, 2.45) is 7.05 Å². The van der Waals surface area contributed by atoms with E-state index in [4.69, 9.17) is 14.6 Å². The van der Waals surface area contributed by atoms with Gasteiger partial charge < -0.3 is 14.0 Å². The summed E-state index contributed by atoms with van der Waals surface area (Å²) in [5.41, 5.74) is 5.95. The fraction of sp³-hybridized carbons (Fsp3) is 0.429. The first kappa shape index (κ1) is 19.4. The number of halogens is 1. The maximum absolute atomic E-state index is 12.8. The van der Waals surface area contributed by atoms with Crippen LogP contribution in [-0.2, 0) is 29.7 Å². The lowest BCUT2D eigenvalue weighted by Gasteiger charge is -2.13. The van der Waals surface area contributed by atoms with Crippen LogP contribution in [0.1, 0.15) is 41.6 Å². The van der Waals surface area contributed by atoms with E-state index in [1.54, 1.807) is 0 Å². The highest BCUT2D eigenvalue weighted by atomic mass is 127. The van der Waals surface area contributed by atoms with E-state index >= 15 is 0 Å². The fourth-order valence-electron chi connectivity index (χ4n) is 3.96. The number of aromatic nitrogens is 3. The van der Waals surface area contributed by atoms with Gasteiger partial charge in [-0.3, -0.25) is 4.68 Å². The van der Waals surface area contributed by atoms with Crippen molar-refractivity contribution in [3.8, 4) is 11.1 Å². The van der Waals surface area contributed by atoms with Crippen molar-refractivity contribution < 1.29 is 14.3 Å². The van der Waals surface area contributed by atoms with Crippen molar-refractivity contribution >= 4 is 39.5 Å². The zero-order valence-electron chi connectivity index (χ0n) is 16.4. The van der Waals surface area contributed by atoms with Crippen molar-refractivity contribution in [1.82, 2.24) is 14.3 Å². The molecular formula is C21H24IN3O3. The molecule has 0 amide bonds. The lowest BCUT2D eigenvalue weighted by atomic mass is 10.0. The van der Waals surface area contributed by atoms with Crippen LogP contribution in [0.3, 0.4) is 0 Å². The average molecular weight is 493 g/mol. The van der Waals surface area contributed by atoms with Gasteiger partial charge in [-0.15, -0.1) is 0 Å². The Hall–Kier alpha value is -1.87. The van der Waals surface area contributed by atoms with Crippen LogP contribution in [-0.4, -0.2) is 33.5 Å². The SMILES string of the molecule is CCOC(=O)c1c(I)c2cccc3c2n1CCCCOCc1nn(C)c(C)c1-3. The van der Waals surface area contributed by atoms with Crippen molar-refractivity contribution in [2.45, 2.75) is 39.8 Å². The van der Waals surface area contributed by atoms with Gasteiger partial charge in [0.15, 0.2) is 0 Å². The average Bonchev–Trinajstić information content (AvgIpc) is 3.11. The van der Waals surface area contributed by atoms with Crippen LogP contribution in [0.25, 0.3) is 22.0 Å². The van der Waals surface area contributed by atoms with E-state index in [0.29, 0.717) is 25.5 Å². The highest BCUT2D eigenvalue weighted by Gasteiger charge is 2.26. The molecule has 4 rings (SSSR count). The molecule has 0 aliphatic carbocycles. The van der Waals surface area contributed by atoms with E-state index < -0.39 is 0 Å². The molecule has 0 bridgehead atoms. The summed E-state index contributed by atoms with van der Waals surface area (Å²) in [5, 5.41) is 5.78. The molecule has 0 radical (unpaired) electrons. The molecule has 3 heterocycles. The van der Waals surface area contributed by atoms with Crippen LogP contribution in [0.4, 0.5) is 0 Å². The molecule has 0 fully saturated rings. The Labute approximate surface area is 177 Å². The zero-order chi connectivity index (χ0) is 19.8. The molecule has 7 heteroatoms. The van der Waals surface area contributed by atoms with E-state index in [0.717, 1.165) is 56.4 Å². The van der Waals surface area contributed by atoms with Gasteiger partial charge >= 0.3 is 5.97 Å². The van der Waals surface area contributed by atoms with Gasteiger partial charge in [-0.05, 0) is 49.3 Å². The second-order valence-corrected chi connectivity index (χ2v) is 8.11. The smallest absolute Gasteiger partial charge is 0.356 e. The minimum atomic E-state index is -0.261. The number of ether oxygens (including phenoxy) is 2. The zero-order valence-corrected chi connectivity index (χ0v) is 18.6. The molecule has 28 heavy (non-hydrogen) atoms. The van der Waals surface area contributed by atoms with Gasteiger partial charge in [0.05, 0.1) is 28.0 Å². The Morgan fingerprint density at radius 3 is 2.96 bits per heavy atom. The van der Waals surface area contributed by atoms with E-state index in [1.165, 1.54) is 0 Å². The first-order valence-corrected chi connectivity index (χ1v) is 10.7. The molecule has 6 nitrogen and oxygen atoms in total. The largest absolute Gasteiger partial charge is 0.461 e. The predicted molar refractivity (Wildman–Crippen MR) is 116 cm³/mol. The van der Waals surface area contributed by atoms with Crippen LogP contribution < -0.4 is 0 Å². The topological polar surface area (TPSA) is 58.3 Å². The molecule has 0 spiro atoms. The van der Waals surface area contributed by atoms with Gasteiger partial charge in [-0.25, -0.2) is 4.79 Å². The number of nitrogens with zero attached hydrogens (tertiary/aromatic N) is 3. The van der Waals surface area contributed by atoms with Gasteiger partial charge in [0.25, 0.3) is 0 Å². The standard InChI is InChI=1S/C21H24IN3O3/c1-4-28-21(26)20-18(22)15-9-7-8-14-17-13(2)24(3)23-16(17)12-27-11-6-5-10-25(20)19(14)15/h7-9H,4-6,10-12H2,1-3H3. The minimum absolute atomic E-state index is 0.261. The maximum Gasteiger partial charge on any atom is 0.356 e. The summed E-state index contributed by atoms with van der Waals surface area (Å²) < 4.78 is 16.3. The molecule has 0 saturated heterocycles. The fourth-order valence-corrected chi connectivity index (χ4v) is 4.91. The Morgan fingerprint density at radius 2 is 2.18 bits per heavy atom. The van der Waals surface area contributed by atoms with Gasteiger partial charge in [0.2, 0.25) is 0 Å². The molecular weight excluding hydrogens is 469 g/mol. The molecule has 0 unspecified atom stereocenters. The summed E-state index contributed by atoms with van der Waals surface area (Å²) >= 11 is 2.28. The number of hydrogen-bond acceptors (Lipinski definition) is 4. The van der Waals surface area contributed by atoms with E-state index in [9.17, 15) is 4.79 Å². The molecule has 1 aromatic carbocycles. The van der Waals surface area contributed by atoms with Crippen LogP contribution >= 0.6 is 22.6 Å². The van der Waals surface area contributed by atoms with Gasteiger partial charge in [-0.2, -0.15) is 5.10 Å². The second-order valence-electron chi connectivity index (χ2n) is 7.03. The van der Waals surface area contributed by atoms with Crippen LogP contribution in [0.2, 0.25) is 0 Å². The number of esters is 1. The number of rotatable bonds is 2. The summed E-state index contributed by atoms with van der Waals surface area (Å²) in [7, 11) is 1.96. The number of benzene rings is 1. The molecule has 0 atom stereocenters. The third-order valence-electron chi connectivity index (χ3n) is 5.32. The maximum atomic E-state index is 12.8. The normalized spacial score (nSPS) is 14.6. The highest BCUT2D eigenvalue weighted by molar-refractivity contribution is 14.1. The Kier molecular flexibility index (Phi) is 5.46. The Bertz CT molecular complexity index is 1050. The number of carbonyl (C=O) groups is 1. The first-order chi connectivity index (χ1) is 13.5. The predicted octanol–water partition coefficient (Wildman–Crippen LogP) is 4.44. The van der Waals surface area contributed by atoms with Gasteiger partial charge in [-0.1, -0.05) is 18.2 Å². The van der Waals surface area contributed by atoms with Crippen LogP contribution in [0.5, 0.6) is 0 Å². The summed E-state index contributed by atoms with van der Waals surface area (Å²) in [6.07, 6.45) is 1.87. The monoisotopic (exact) mass is 493 g/mol. The molecule has 0 saturated carbocycles. The van der Waals surface area contributed by atoms with E-state index in [2.05, 4.69) is 52.3 Å². The van der Waals surface area contributed by atoms with Gasteiger partial charge in [0, 0.05) is 42.4 Å². The summed E-state index contributed by atoms with van der Waals surface area (Å²) in [4.78, 5) is 12.8. The molecule has 0 N–H and O–H groups in total. The lowest BCUT2D eigenvalue weighted by Crippen LogP contribution is -2.14. The Morgan fingerprint density at radius 1 is 1.36 bits per heavy atom. The lowest BCUT2D eigenvalue weighted by molar-refractivity contribution is 0.0512. The van der Waals surface area contributed by atoms with E-state index in [1.807, 2.05) is 18.7 Å². The molecule has 1 aliphatic rings. The van der Waals surface area contributed by atoms with Crippen molar-refractivity contribution in [2.75, 3.05) is 13.2 Å². The van der Waals surface area contributed by atoms with Crippen molar-refractivity contribution in [1.29, 1.82) is 0 Å². The number of carbonyl (C=O) groups excluding carboxylic acids is 1. The molecule has 1 aliphatic heterocycles. The number of aryl methyl sites for hydroxylation is 2. The third-order valence-corrected chi connectivity index (χ3v) is 6.42. The van der Waals surface area contributed by atoms with Gasteiger partial charge in [0.1, 0.15) is 5.69 Å². The third kappa shape index (κ3) is 3.14. The number of hydrogen-bond donors (Lipinski definition) is 0. The molecule has 148 valence electrons. The Balaban J connectivity index is 2.07. The summed E-state index contributed by atoms with van der Waals surface area (Å²) in [5.74, 6) is -0.261. The summed E-state index contributed by atoms with van der Waals surface area (Å²) in [6.45, 7) is 6.21. The van der Waals surface area contributed by atoms with E-state index in [-0.39, 0.29) is 5.97 Å². The second kappa shape index (κ2) is 7.87. The van der Waals surface area contributed by atoms with Crippen molar-refractivity contribution in [3.63, 3.8) is 0 Å². The first-order valence-electron chi connectivity index (χ1n) is 9.63. The highest BCUT2D eigenvalue weighted by Crippen LogP contribution is 2.38. The summed E-state index contributed by atoms with van der Waals surface area (Å²) in [6, 6.07) is 6.26. The minimum Gasteiger partial charge on any atom is -0.461 e. The van der Waals surface area contributed by atoms with Crippen molar-refractivity contribution in [3.05, 3.63) is 38.9 Å². The van der Waals surface area contributed by atoms with Crippen LogP contribution in [0, 0.1) is 10.5 Å². The molecule has 2 aromatic heterocycles. The van der Waals surface area contributed by atoms with Crippen LogP contribution in [0.15, 0.2) is 18.2 Å². The molecule has 3 aromatic rings. The number of fused-ring (bicyclic) bond motifs is 2. The number of para-hydroxylation sites is 1. The quantitative estimate of drug-likeness (QED) is 0.391.